The molecule has 1 atom stereocenters. The third-order valence-corrected chi connectivity index (χ3v) is 3.35. The maximum Gasteiger partial charge on any atom is 0.138 e. The van der Waals surface area contributed by atoms with E-state index in [0.717, 1.165) is 32.3 Å². The zero-order chi connectivity index (χ0) is 11.9. The van der Waals surface area contributed by atoms with Gasteiger partial charge in [-0.05, 0) is 31.2 Å². The van der Waals surface area contributed by atoms with E-state index >= 15 is 0 Å². The monoisotopic (exact) mass is 232 g/mol. The molecule has 1 saturated heterocycles. The predicted octanol–water partition coefficient (Wildman–Crippen LogP) is 3.01. The van der Waals surface area contributed by atoms with Crippen molar-refractivity contribution in [2.24, 2.45) is 5.92 Å². The molecule has 1 aromatic rings. The molecule has 0 spiro atoms. The lowest BCUT2D eigenvalue weighted by Gasteiger charge is -2.20. The Kier molecular flexibility index (Phi) is 4.75. The number of ether oxygens (including phenoxy) is 1. The number of hydrogen-bond donors (Lipinski definition) is 0. The van der Waals surface area contributed by atoms with E-state index < -0.39 is 0 Å². The first-order valence-corrected chi connectivity index (χ1v) is 6.50. The topological polar surface area (TPSA) is 26.3 Å². The van der Waals surface area contributed by atoms with Gasteiger partial charge in [-0.1, -0.05) is 30.3 Å². The Labute approximate surface area is 103 Å². The van der Waals surface area contributed by atoms with Gasteiger partial charge in [-0.2, -0.15) is 0 Å². The Morgan fingerprint density at radius 2 is 2.12 bits per heavy atom. The first-order valence-electron chi connectivity index (χ1n) is 6.50. The maximum absolute atomic E-state index is 11.9. The summed E-state index contributed by atoms with van der Waals surface area (Å²) in [5.41, 5.74) is 1.32. The highest BCUT2D eigenvalue weighted by Crippen LogP contribution is 2.17. The number of aryl methyl sites for hydroxylation is 1. The van der Waals surface area contributed by atoms with Gasteiger partial charge in [-0.15, -0.1) is 0 Å². The molecule has 1 aliphatic heterocycles. The fourth-order valence-corrected chi connectivity index (χ4v) is 2.31. The maximum atomic E-state index is 11.9. The van der Waals surface area contributed by atoms with E-state index in [2.05, 4.69) is 12.1 Å². The van der Waals surface area contributed by atoms with Crippen LogP contribution < -0.4 is 0 Å². The standard InChI is InChI=1S/C15H20O2/c16-15(14-9-5-11-17-12-14)10-4-8-13-6-2-1-3-7-13/h1-3,6-7,14H,4-5,8-12H2. The summed E-state index contributed by atoms with van der Waals surface area (Å²) < 4.78 is 5.35. The SMILES string of the molecule is O=C(CCCc1ccccc1)C1CCCOC1. The Morgan fingerprint density at radius 3 is 2.82 bits per heavy atom. The third kappa shape index (κ3) is 3.97. The molecule has 0 aliphatic carbocycles. The highest BCUT2D eigenvalue weighted by molar-refractivity contribution is 5.81. The minimum atomic E-state index is 0.166. The molecule has 92 valence electrons. The lowest BCUT2D eigenvalue weighted by atomic mass is 9.93. The third-order valence-electron chi connectivity index (χ3n) is 3.35. The van der Waals surface area contributed by atoms with Crippen LogP contribution in [-0.4, -0.2) is 19.0 Å². The molecule has 2 nitrogen and oxygen atoms in total. The Hall–Kier alpha value is -1.15. The average molecular weight is 232 g/mol. The number of hydrogen-bond acceptors (Lipinski definition) is 2. The van der Waals surface area contributed by atoms with Crippen LogP contribution in [0, 0.1) is 5.92 Å². The molecular formula is C15H20O2. The van der Waals surface area contributed by atoms with Gasteiger partial charge in [-0.25, -0.2) is 0 Å². The summed E-state index contributed by atoms with van der Waals surface area (Å²) in [4.78, 5) is 11.9. The summed E-state index contributed by atoms with van der Waals surface area (Å²) in [7, 11) is 0. The smallest absolute Gasteiger partial charge is 0.138 e. The number of Topliss-reactive ketones (excluding diaryl/α,β-unsaturated/α-hetero) is 1. The fourth-order valence-electron chi connectivity index (χ4n) is 2.31. The molecule has 1 aromatic carbocycles. The summed E-state index contributed by atoms with van der Waals surface area (Å²) in [5, 5.41) is 0. The van der Waals surface area contributed by atoms with Crippen LogP contribution in [0.1, 0.15) is 31.2 Å². The lowest BCUT2D eigenvalue weighted by Crippen LogP contribution is -2.25. The summed E-state index contributed by atoms with van der Waals surface area (Å²) in [6.07, 6.45) is 4.71. The Bertz CT molecular complexity index is 339. The number of carbonyl (C=O) groups excluding carboxylic acids is 1. The molecule has 1 fully saturated rings. The van der Waals surface area contributed by atoms with Crippen LogP contribution in [0.2, 0.25) is 0 Å². The molecule has 17 heavy (non-hydrogen) atoms. The number of ketones is 1. The lowest BCUT2D eigenvalue weighted by molar-refractivity contribution is -0.126. The van der Waals surface area contributed by atoms with E-state index in [1.807, 2.05) is 18.2 Å². The number of benzene rings is 1. The normalized spacial score (nSPS) is 20.1. The minimum Gasteiger partial charge on any atom is -0.381 e. The van der Waals surface area contributed by atoms with Crippen molar-refractivity contribution in [2.75, 3.05) is 13.2 Å². The van der Waals surface area contributed by atoms with Crippen molar-refractivity contribution in [3.63, 3.8) is 0 Å². The molecular weight excluding hydrogens is 212 g/mol. The van der Waals surface area contributed by atoms with Gasteiger partial charge >= 0.3 is 0 Å². The Morgan fingerprint density at radius 1 is 1.29 bits per heavy atom. The van der Waals surface area contributed by atoms with Crippen LogP contribution in [0.4, 0.5) is 0 Å². The van der Waals surface area contributed by atoms with Gasteiger partial charge in [0.1, 0.15) is 5.78 Å². The Balaban J connectivity index is 1.69. The zero-order valence-corrected chi connectivity index (χ0v) is 10.2. The molecule has 0 aromatic heterocycles. The van der Waals surface area contributed by atoms with Crippen LogP contribution in [0.15, 0.2) is 30.3 Å². The van der Waals surface area contributed by atoms with E-state index in [1.165, 1.54) is 5.56 Å². The van der Waals surface area contributed by atoms with Crippen LogP contribution in [0.3, 0.4) is 0 Å². The van der Waals surface area contributed by atoms with Gasteiger partial charge in [0.25, 0.3) is 0 Å². The van der Waals surface area contributed by atoms with Gasteiger partial charge in [0.15, 0.2) is 0 Å². The van der Waals surface area contributed by atoms with Gasteiger partial charge in [0.05, 0.1) is 6.61 Å². The van der Waals surface area contributed by atoms with Crippen molar-refractivity contribution in [1.29, 1.82) is 0 Å². The van der Waals surface area contributed by atoms with E-state index in [4.69, 9.17) is 4.74 Å². The van der Waals surface area contributed by atoms with Crippen molar-refractivity contribution in [1.82, 2.24) is 0 Å². The minimum absolute atomic E-state index is 0.166. The summed E-state index contributed by atoms with van der Waals surface area (Å²) >= 11 is 0. The fraction of sp³-hybridized carbons (Fsp3) is 0.533. The largest absolute Gasteiger partial charge is 0.381 e. The second-order valence-corrected chi connectivity index (χ2v) is 4.72. The zero-order valence-electron chi connectivity index (χ0n) is 10.2. The predicted molar refractivity (Wildman–Crippen MR) is 67.9 cm³/mol. The molecule has 1 unspecified atom stereocenters. The van der Waals surface area contributed by atoms with E-state index in [0.29, 0.717) is 18.8 Å². The summed E-state index contributed by atoms with van der Waals surface area (Å²) in [6, 6.07) is 10.4. The molecule has 1 heterocycles. The molecule has 0 amide bonds. The van der Waals surface area contributed by atoms with Crippen molar-refractivity contribution in [3.8, 4) is 0 Å². The highest BCUT2D eigenvalue weighted by atomic mass is 16.5. The number of rotatable bonds is 5. The van der Waals surface area contributed by atoms with Crippen LogP contribution >= 0.6 is 0 Å². The quantitative estimate of drug-likeness (QED) is 0.780. The molecule has 0 N–H and O–H groups in total. The highest BCUT2D eigenvalue weighted by Gasteiger charge is 2.20. The second kappa shape index (κ2) is 6.55. The first kappa shape index (κ1) is 12.3. The molecule has 0 saturated carbocycles. The first-order chi connectivity index (χ1) is 8.36. The molecule has 2 rings (SSSR count). The van der Waals surface area contributed by atoms with Crippen molar-refractivity contribution in [3.05, 3.63) is 35.9 Å². The van der Waals surface area contributed by atoms with Gasteiger partial charge in [0, 0.05) is 18.9 Å². The van der Waals surface area contributed by atoms with Crippen LogP contribution in [-0.2, 0) is 16.0 Å². The van der Waals surface area contributed by atoms with Gasteiger partial charge < -0.3 is 4.74 Å². The van der Waals surface area contributed by atoms with Crippen molar-refractivity contribution < 1.29 is 9.53 Å². The summed E-state index contributed by atoms with van der Waals surface area (Å²) in [6.45, 7) is 1.47. The van der Waals surface area contributed by atoms with Crippen molar-refractivity contribution >= 4 is 5.78 Å². The van der Waals surface area contributed by atoms with E-state index in [1.54, 1.807) is 0 Å². The number of carbonyl (C=O) groups is 1. The second-order valence-electron chi connectivity index (χ2n) is 4.72. The molecule has 1 aliphatic rings. The van der Waals surface area contributed by atoms with Gasteiger partial charge in [-0.3, -0.25) is 4.79 Å². The average Bonchev–Trinajstić information content (AvgIpc) is 2.41. The molecule has 2 heteroatoms. The van der Waals surface area contributed by atoms with E-state index in [9.17, 15) is 4.79 Å². The molecule has 0 bridgehead atoms. The van der Waals surface area contributed by atoms with Crippen molar-refractivity contribution in [2.45, 2.75) is 32.1 Å². The van der Waals surface area contributed by atoms with E-state index in [-0.39, 0.29) is 5.92 Å². The molecule has 0 radical (unpaired) electrons. The van der Waals surface area contributed by atoms with Gasteiger partial charge in [0.2, 0.25) is 0 Å². The van der Waals surface area contributed by atoms with Crippen LogP contribution in [0.5, 0.6) is 0 Å². The summed E-state index contributed by atoms with van der Waals surface area (Å²) in [5.74, 6) is 0.556. The van der Waals surface area contributed by atoms with Crippen LogP contribution in [0.25, 0.3) is 0 Å².